The molecule has 1 aliphatic rings. The van der Waals surface area contributed by atoms with E-state index in [0.717, 1.165) is 31.4 Å². The fourth-order valence-electron chi connectivity index (χ4n) is 3.53. The van der Waals surface area contributed by atoms with Crippen LogP contribution in [0.4, 0.5) is 0 Å². The zero-order chi connectivity index (χ0) is 21.4. The van der Waals surface area contributed by atoms with Gasteiger partial charge in [0, 0.05) is 5.70 Å². The summed E-state index contributed by atoms with van der Waals surface area (Å²) >= 11 is 0. The van der Waals surface area contributed by atoms with Crippen LogP contribution in [0.3, 0.4) is 0 Å². The summed E-state index contributed by atoms with van der Waals surface area (Å²) in [6, 6.07) is 13.8. The molecule has 1 amide bonds. The van der Waals surface area contributed by atoms with E-state index in [0.29, 0.717) is 35.8 Å². The number of hydrogen-bond donors (Lipinski definition) is 3. The van der Waals surface area contributed by atoms with Gasteiger partial charge in [-0.2, -0.15) is 0 Å². The van der Waals surface area contributed by atoms with Crippen molar-refractivity contribution in [1.82, 2.24) is 10.9 Å². The van der Waals surface area contributed by atoms with Gasteiger partial charge in [-0.1, -0.05) is 30.3 Å². The van der Waals surface area contributed by atoms with Gasteiger partial charge in [0.2, 0.25) is 0 Å². The van der Waals surface area contributed by atoms with Crippen LogP contribution >= 0.6 is 0 Å². The molecule has 2 aromatic carbocycles. The molecule has 30 heavy (non-hydrogen) atoms. The number of benzene rings is 2. The number of allylic oxidation sites excluding steroid dienone is 2. The van der Waals surface area contributed by atoms with Crippen molar-refractivity contribution in [2.24, 2.45) is 0 Å². The average molecular weight is 411 g/mol. The van der Waals surface area contributed by atoms with Gasteiger partial charge in [-0.25, -0.2) is 0 Å². The summed E-state index contributed by atoms with van der Waals surface area (Å²) in [5.74, 6) is 0.810. The van der Waals surface area contributed by atoms with Crippen LogP contribution in [0.15, 0.2) is 60.3 Å². The van der Waals surface area contributed by atoms with Gasteiger partial charge in [-0.05, 0) is 74.9 Å². The minimum absolute atomic E-state index is 0.451. The quantitative estimate of drug-likeness (QED) is 0.548. The molecule has 0 atom stereocenters. The third kappa shape index (κ3) is 4.94. The first-order valence-electron chi connectivity index (χ1n) is 10.5. The molecule has 0 fully saturated rings. The molecule has 0 bridgehead atoms. The van der Waals surface area contributed by atoms with E-state index in [1.54, 1.807) is 48.5 Å². The average Bonchev–Trinajstić information content (AvgIpc) is 2.79. The van der Waals surface area contributed by atoms with Gasteiger partial charge in [0.1, 0.15) is 11.5 Å². The summed E-state index contributed by atoms with van der Waals surface area (Å²) in [5, 5.41) is 11.6. The van der Waals surface area contributed by atoms with Crippen LogP contribution in [0.1, 0.15) is 50.7 Å². The number of hydrogen-bond acceptors (Lipinski definition) is 5. The maximum atomic E-state index is 13.2. The van der Waals surface area contributed by atoms with Crippen molar-refractivity contribution in [3.63, 3.8) is 0 Å². The summed E-state index contributed by atoms with van der Waals surface area (Å²) in [6.07, 6.45) is 6.18. The van der Waals surface area contributed by atoms with Gasteiger partial charge >= 0.3 is 0 Å². The molecule has 0 saturated heterocycles. The fraction of sp³-hybridized carbons (Fsp3) is 0.375. The number of ether oxygens (including phenoxy) is 2. The molecule has 0 spiro atoms. The van der Waals surface area contributed by atoms with Crippen LogP contribution in [0.25, 0.3) is 0 Å². The first-order chi connectivity index (χ1) is 14.6. The van der Waals surface area contributed by atoms with Crippen LogP contribution in [-0.2, 0) is 10.4 Å². The highest BCUT2D eigenvalue weighted by molar-refractivity contribution is 5.90. The second-order valence-electron chi connectivity index (χ2n) is 7.18. The Morgan fingerprint density at radius 2 is 1.47 bits per heavy atom. The van der Waals surface area contributed by atoms with Crippen molar-refractivity contribution >= 4 is 5.91 Å². The van der Waals surface area contributed by atoms with Gasteiger partial charge in [0.25, 0.3) is 5.91 Å². The van der Waals surface area contributed by atoms with Gasteiger partial charge < -0.3 is 20.0 Å². The van der Waals surface area contributed by atoms with Gasteiger partial charge in [0.05, 0.1) is 13.2 Å². The smallest absolute Gasteiger partial charge is 0.279 e. The number of aliphatic hydroxyl groups is 1. The molecule has 0 aliphatic heterocycles. The highest BCUT2D eigenvalue weighted by atomic mass is 16.5. The second kappa shape index (κ2) is 10.2. The second-order valence-corrected chi connectivity index (χ2v) is 7.18. The standard InChI is InChI=1S/C24H30N2O4/c1-3-29-21-14-10-18(11-15-21)24(28,19-12-16-22(17-13-19)30-4-2)23(27)26-25-20-8-6-5-7-9-20/h8,10-17,25,28H,3-7,9H2,1-2H3,(H,26,27). The highest BCUT2D eigenvalue weighted by Gasteiger charge is 2.40. The third-order valence-electron chi connectivity index (χ3n) is 5.12. The molecule has 3 rings (SSSR count). The molecule has 6 heteroatoms. The van der Waals surface area contributed by atoms with Gasteiger partial charge in [-0.3, -0.25) is 10.2 Å². The number of carbonyl (C=O) groups excluding carboxylic acids is 1. The lowest BCUT2D eigenvalue weighted by Crippen LogP contribution is -2.50. The van der Waals surface area contributed by atoms with E-state index < -0.39 is 11.5 Å². The highest BCUT2D eigenvalue weighted by Crippen LogP contribution is 2.32. The van der Waals surface area contributed by atoms with Crippen molar-refractivity contribution < 1.29 is 19.4 Å². The van der Waals surface area contributed by atoms with Crippen molar-refractivity contribution in [2.45, 2.75) is 45.1 Å². The molecule has 3 N–H and O–H groups in total. The number of hydrazine groups is 1. The van der Waals surface area contributed by atoms with Gasteiger partial charge in [0.15, 0.2) is 5.60 Å². The lowest BCUT2D eigenvalue weighted by atomic mass is 9.85. The Morgan fingerprint density at radius 3 is 1.90 bits per heavy atom. The van der Waals surface area contributed by atoms with E-state index in [1.807, 2.05) is 13.8 Å². The lowest BCUT2D eigenvalue weighted by molar-refractivity contribution is -0.137. The Balaban J connectivity index is 1.90. The van der Waals surface area contributed by atoms with Crippen LogP contribution < -0.4 is 20.3 Å². The van der Waals surface area contributed by atoms with Crippen molar-refractivity contribution in [3.05, 3.63) is 71.4 Å². The van der Waals surface area contributed by atoms with Crippen LogP contribution in [0.5, 0.6) is 11.5 Å². The molecular formula is C24H30N2O4. The van der Waals surface area contributed by atoms with E-state index in [2.05, 4.69) is 16.9 Å². The Bertz CT molecular complexity index is 810. The normalized spacial score (nSPS) is 13.9. The maximum absolute atomic E-state index is 13.2. The van der Waals surface area contributed by atoms with Crippen molar-refractivity contribution in [2.75, 3.05) is 13.2 Å². The molecule has 0 aromatic heterocycles. The maximum Gasteiger partial charge on any atom is 0.279 e. The summed E-state index contributed by atoms with van der Waals surface area (Å²) < 4.78 is 11.0. The Hall–Kier alpha value is -2.99. The van der Waals surface area contributed by atoms with Crippen LogP contribution in [-0.4, -0.2) is 24.2 Å². The topological polar surface area (TPSA) is 79.8 Å². The van der Waals surface area contributed by atoms with E-state index in [-0.39, 0.29) is 0 Å². The Kier molecular flexibility index (Phi) is 7.36. The zero-order valence-corrected chi connectivity index (χ0v) is 17.6. The molecular weight excluding hydrogens is 380 g/mol. The lowest BCUT2D eigenvalue weighted by Gasteiger charge is -2.29. The Labute approximate surface area is 177 Å². The number of rotatable bonds is 9. The minimum Gasteiger partial charge on any atom is -0.494 e. The molecule has 6 nitrogen and oxygen atoms in total. The summed E-state index contributed by atoms with van der Waals surface area (Å²) in [5.41, 5.74) is 5.67. The van der Waals surface area contributed by atoms with E-state index >= 15 is 0 Å². The molecule has 0 unspecified atom stereocenters. The zero-order valence-electron chi connectivity index (χ0n) is 17.6. The van der Waals surface area contributed by atoms with E-state index in [9.17, 15) is 9.90 Å². The SMILES string of the molecule is CCOc1ccc(C(O)(C(=O)NNC2=CCCCC2)c2ccc(OCC)cc2)cc1. The number of nitrogens with one attached hydrogen (secondary N) is 2. The number of carbonyl (C=O) groups is 1. The summed E-state index contributed by atoms with van der Waals surface area (Å²) in [7, 11) is 0. The van der Waals surface area contributed by atoms with Crippen molar-refractivity contribution in [3.8, 4) is 11.5 Å². The van der Waals surface area contributed by atoms with Gasteiger partial charge in [-0.15, -0.1) is 0 Å². The van der Waals surface area contributed by atoms with E-state index in [4.69, 9.17) is 9.47 Å². The summed E-state index contributed by atoms with van der Waals surface area (Å²) in [4.78, 5) is 13.2. The molecule has 0 saturated carbocycles. The molecule has 0 heterocycles. The number of amides is 1. The predicted molar refractivity (Wildman–Crippen MR) is 116 cm³/mol. The fourth-order valence-corrected chi connectivity index (χ4v) is 3.53. The monoisotopic (exact) mass is 410 g/mol. The molecule has 2 aromatic rings. The third-order valence-corrected chi connectivity index (χ3v) is 5.12. The largest absolute Gasteiger partial charge is 0.494 e. The molecule has 0 radical (unpaired) electrons. The molecule has 160 valence electrons. The summed E-state index contributed by atoms with van der Waals surface area (Å²) in [6.45, 7) is 4.90. The first-order valence-corrected chi connectivity index (χ1v) is 10.5. The van der Waals surface area contributed by atoms with Crippen LogP contribution in [0.2, 0.25) is 0 Å². The van der Waals surface area contributed by atoms with Crippen molar-refractivity contribution in [1.29, 1.82) is 0 Å². The van der Waals surface area contributed by atoms with Crippen LogP contribution in [0, 0.1) is 0 Å². The Morgan fingerprint density at radius 1 is 0.933 bits per heavy atom. The minimum atomic E-state index is -1.88. The first kappa shape index (κ1) is 21.7. The molecule has 1 aliphatic carbocycles. The van der Waals surface area contributed by atoms with E-state index in [1.165, 1.54) is 0 Å². The predicted octanol–water partition coefficient (Wildman–Crippen LogP) is 3.80.